The maximum Gasteiger partial charge on any atom is 0.224 e. The van der Waals surface area contributed by atoms with Crippen LogP contribution in [-0.2, 0) is 11.2 Å². The van der Waals surface area contributed by atoms with Gasteiger partial charge in [0.15, 0.2) is 0 Å². The van der Waals surface area contributed by atoms with Crippen molar-refractivity contribution in [3.63, 3.8) is 0 Å². The Bertz CT molecular complexity index is 435. The van der Waals surface area contributed by atoms with Crippen LogP contribution in [0.1, 0.15) is 24.8 Å². The van der Waals surface area contributed by atoms with Gasteiger partial charge in [0, 0.05) is 24.3 Å². The summed E-state index contributed by atoms with van der Waals surface area (Å²) in [5.41, 5.74) is 3.37. The van der Waals surface area contributed by atoms with Crippen molar-refractivity contribution in [2.75, 3.05) is 17.2 Å². The summed E-state index contributed by atoms with van der Waals surface area (Å²) in [7, 11) is 0. The molecule has 0 atom stereocenters. The van der Waals surface area contributed by atoms with Gasteiger partial charge in [0.25, 0.3) is 0 Å². The van der Waals surface area contributed by atoms with Crippen molar-refractivity contribution in [2.24, 2.45) is 0 Å². The molecule has 0 bridgehead atoms. The molecule has 1 aliphatic rings. The smallest absolute Gasteiger partial charge is 0.224 e. The molecule has 0 saturated carbocycles. The van der Waals surface area contributed by atoms with Gasteiger partial charge in [-0.25, -0.2) is 0 Å². The van der Waals surface area contributed by atoms with E-state index in [2.05, 4.69) is 23.3 Å². The van der Waals surface area contributed by atoms with E-state index < -0.39 is 0 Å². The fraction of sp³-hybridized carbons (Fsp3) is 0.357. The van der Waals surface area contributed by atoms with Crippen LogP contribution in [0.15, 0.2) is 30.9 Å². The number of carbonyl (C=O) groups excluding carboxylic acids is 1. The fourth-order valence-electron chi connectivity index (χ4n) is 2.01. The first-order valence-corrected chi connectivity index (χ1v) is 6.07. The number of fused-ring (bicyclic) bond motifs is 1. The lowest BCUT2D eigenvalue weighted by Gasteiger charge is -2.18. The molecule has 2 rings (SSSR count). The summed E-state index contributed by atoms with van der Waals surface area (Å²) < 4.78 is 0. The van der Waals surface area contributed by atoms with Crippen molar-refractivity contribution in [3.8, 4) is 0 Å². The lowest BCUT2D eigenvalue weighted by molar-refractivity contribution is -0.116. The standard InChI is InChI=1S/C14H18N2O.2ClH/c1-2-3-6-14(17)16-12-7-8-13-11(10-12)5-4-9-15-13;;/h2,7-8,10,15H,1,3-6,9H2,(H,16,17);2*1H. The maximum absolute atomic E-state index is 11.6. The van der Waals surface area contributed by atoms with Crippen LogP contribution >= 0.6 is 24.8 Å². The number of hydrogen-bond donors (Lipinski definition) is 2. The summed E-state index contributed by atoms with van der Waals surface area (Å²) in [6, 6.07) is 6.05. The highest BCUT2D eigenvalue weighted by atomic mass is 35.5. The number of benzene rings is 1. The molecule has 2 N–H and O–H groups in total. The second-order valence-corrected chi connectivity index (χ2v) is 4.28. The van der Waals surface area contributed by atoms with Crippen molar-refractivity contribution >= 4 is 42.1 Å². The average molecular weight is 303 g/mol. The zero-order valence-electron chi connectivity index (χ0n) is 10.8. The van der Waals surface area contributed by atoms with E-state index in [0.717, 1.165) is 31.5 Å². The first kappa shape index (κ1) is 17.8. The fourth-order valence-corrected chi connectivity index (χ4v) is 2.01. The van der Waals surface area contributed by atoms with Crippen LogP contribution in [0.4, 0.5) is 11.4 Å². The summed E-state index contributed by atoms with van der Waals surface area (Å²) in [6.45, 7) is 4.65. The molecule has 3 nitrogen and oxygen atoms in total. The molecule has 0 spiro atoms. The Morgan fingerprint density at radius 2 is 2.21 bits per heavy atom. The monoisotopic (exact) mass is 302 g/mol. The van der Waals surface area contributed by atoms with Crippen molar-refractivity contribution in [1.82, 2.24) is 0 Å². The number of amides is 1. The quantitative estimate of drug-likeness (QED) is 0.831. The Hall–Kier alpha value is -1.19. The number of hydrogen-bond acceptors (Lipinski definition) is 2. The molecule has 106 valence electrons. The van der Waals surface area contributed by atoms with Gasteiger partial charge in [0.1, 0.15) is 0 Å². The van der Waals surface area contributed by atoms with Gasteiger partial charge in [-0.1, -0.05) is 6.08 Å². The number of allylic oxidation sites excluding steroid dienone is 1. The molecule has 0 saturated heterocycles. The highest BCUT2D eigenvalue weighted by Gasteiger charge is 2.09. The number of nitrogens with one attached hydrogen (secondary N) is 2. The first-order chi connectivity index (χ1) is 8.29. The molecule has 1 aromatic rings. The van der Waals surface area contributed by atoms with Gasteiger partial charge in [0.05, 0.1) is 0 Å². The molecule has 0 radical (unpaired) electrons. The maximum atomic E-state index is 11.6. The molecule has 0 aliphatic carbocycles. The second-order valence-electron chi connectivity index (χ2n) is 4.28. The van der Waals surface area contributed by atoms with E-state index >= 15 is 0 Å². The normalized spacial score (nSPS) is 12.0. The number of aryl methyl sites for hydroxylation is 1. The van der Waals surface area contributed by atoms with E-state index in [-0.39, 0.29) is 30.7 Å². The summed E-state index contributed by atoms with van der Waals surface area (Å²) in [4.78, 5) is 11.6. The van der Waals surface area contributed by atoms with Gasteiger partial charge in [-0.3, -0.25) is 4.79 Å². The average Bonchev–Trinajstić information content (AvgIpc) is 2.36. The van der Waals surface area contributed by atoms with Crippen LogP contribution in [0.2, 0.25) is 0 Å². The molecule has 0 unspecified atom stereocenters. The van der Waals surface area contributed by atoms with E-state index in [4.69, 9.17) is 0 Å². The molecule has 5 heteroatoms. The molecule has 19 heavy (non-hydrogen) atoms. The minimum atomic E-state index is 0. The largest absolute Gasteiger partial charge is 0.385 e. The van der Waals surface area contributed by atoms with E-state index in [1.807, 2.05) is 12.1 Å². The van der Waals surface area contributed by atoms with Crippen LogP contribution in [0.25, 0.3) is 0 Å². The lowest BCUT2D eigenvalue weighted by atomic mass is 10.0. The highest BCUT2D eigenvalue weighted by molar-refractivity contribution is 5.91. The molecular formula is C14H20Cl2N2O. The van der Waals surface area contributed by atoms with Crippen LogP contribution in [-0.4, -0.2) is 12.5 Å². The number of carbonyl (C=O) groups is 1. The Balaban J connectivity index is 0.00000162. The molecule has 1 aromatic carbocycles. The topological polar surface area (TPSA) is 41.1 Å². The lowest BCUT2D eigenvalue weighted by Crippen LogP contribution is -2.14. The minimum absolute atomic E-state index is 0. The van der Waals surface area contributed by atoms with Gasteiger partial charge >= 0.3 is 0 Å². The van der Waals surface area contributed by atoms with Gasteiger partial charge in [-0.2, -0.15) is 0 Å². The second kappa shape index (κ2) is 8.83. The van der Waals surface area contributed by atoms with Crippen LogP contribution in [0.5, 0.6) is 0 Å². The summed E-state index contributed by atoms with van der Waals surface area (Å²) in [5, 5.41) is 6.26. The Morgan fingerprint density at radius 1 is 1.42 bits per heavy atom. The highest BCUT2D eigenvalue weighted by Crippen LogP contribution is 2.25. The number of anilines is 2. The molecule has 1 aliphatic heterocycles. The van der Waals surface area contributed by atoms with Gasteiger partial charge in [0.2, 0.25) is 5.91 Å². The first-order valence-electron chi connectivity index (χ1n) is 6.07. The van der Waals surface area contributed by atoms with E-state index in [1.54, 1.807) is 6.08 Å². The van der Waals surface area contributed by atoms with Crippen molar-refractivity contribution in [3.05, 3.63) is 36.4 Å². The zero-order chi connectivity index (χ0) is 12.1. The third-order valence-corrected chi connectivity index (χ3v) is 2.90. The predicted molar refractivity (Wildman–Crippen MR) is 85.8 cm³/mol. The van der Waals surface area contributed by atoms with E-state index in [1.165, 1.54) is 11.3 Å². The van der Waals surface area contributed by atoms with Gasteiger partial charge in [-0.15, -0.1) is 31.4 Å². The van der Waals surface area contributed by atoms with E-state index in [9.17, 15) is 4.79 Å². The molecular weight excluding hydrogens is 283 g/mol. The Labute approximate surface area is 126 Å². The predicted octanol–water partition coefficient (Wildman–Crippen LogP) is 3.79. The molecule has 0 fully saturated rings. The summed E-state index contributed by atoms with van der Waals surface area (Å²) in [5.74, 6) is 0.0496. The van der Waals surface area contributed by atoms with Crippen LogP contribution < -0.4 is 10.6 Å². The number of rotatable bonds is 4. The van der Waals surface area contributed by atoms with Crippen LogP contribution in [0, 0.1) is 0 Å². The van der Waals surface area contributed by atoms with Gasteiger partial charge in [-0.05, 0) is 43.0 Å². The van der Waals surface area contributed by atoms with Gasteiger partial charge < -0.3 is 10.6 Å². The summed E-state index contributed by atoms with van der Waals surface area (Å²) >= 11 is 0. The van der Waals surface area contributed by atoms with Crippen LogP contribution in [0.3, 0.4) is 0 Å². The van der Waals surface area contributed by atoms with Crippen molar-refractivity contribution in [1.29, 1.82) is 0 Å². The van der Waals surface area contributed by atoms with Crippen molar-refractivity contribution in [2.45, 2.75) is 25.7 Å². The van der Waals surface area contributed by atoms with E-state index in [0.29, 0.717) is 6.42 Å². The number of halogens is 2. The third-order valence-electron chi connectivity index (χ3n) is 2.90. The SMILES string of the molecule is C=CCCC(=O)Nc1ccc2c(c1)CCCN2.Cl.Cl. The van der Waals surface area contributed by atoms with Crippen molar-refractivity contribution < 1.29 is 4.79 Å². The third kappa shape index (κ3) is 5.13. The zero-order valence-corrected chi connectivity index (χ0v) is 12.4. The molecule has 1 heterocycles. The Morgan fingerprint density at radius 3 is 2.95 bits per heavy atom. The molecule has 1 amide bonds. The Kier molecular flexibility index (Phi) is 8.28. The minimum Gasteiger partial charge on any atom is -0.385 e. The summed E-state index contributed by atoms with van der Waals surface area (Å²) in [6.07, 6.45) is 5.22. The molecule has 0 aromatic heterocycles.